The van der Waals surface area contributed by atoms with Gasteiger partial charge in [0, 0.05) is 0 Å². The van der Waals surface area contributed by atoms with Crippen molar-refractivity contribution in [1.82, 2.24) is 0 Å². The first-order chi connectivity index (χ1) is 4.31. The summed E-state index contributed by atoms with van der Waals surface area (Å²) in [5.74, 6) is 0. The smallest absolute Gasteiger partial charge is 0.323 e. The van der Waals surface area contributed by atoms with E-state index in [0.717, 1.165) is 0 Å². The first-order valence-electron chi connectivity index (χ1n) is 2.81. The molecule has 0 aliphatic heterocycles. The van der Waals surface area contributed by atoms with Gasteiger partial charge in [-0.3, -0.25) is 4.57 Å². The third-order valence-electron chi connectivity index (χ3n) is 1.05. The molecule has 0 heterocycles. The molecular formula is C4H11O3PS2. The first kappa shape index (κ1) is 10.8. The van der Waals surface area contributed by atoms with Crippen molar-refractivity contribution < 1.29 is 14.4 Å². The fourth-order valence-corrected chi connectivity index (χ4v) is 1.44. The van der Waals surface area contributed by atoms with Crippen LogP contribution >= 0.6 is 32.9 Å². The van der Waals surface area contributed by atoms with E-state index in [4.69, 9.17) is 9.79 Å². The van der Waals surface area contributed by atoms with Gasteiger partial charge in [-0.2, -0.15) is 0 Å². The highest BCUT2D eigenvalue weighted by Crippen LogP contribution is 2.57. The van der Waals surface area contributed by atoms with Gasteiger partial charge in [-0.1, -0.05) is 13.3 Å². The lowest BCUT2D eigenvalue weighted by molar-refractivity contribution is 0.364. The van der Waals surface area contributed by atoms with Crippen LogP contribution in [0, 0.1) is 0 Å². The summed E-state index contributed by atoms with van der Waals surface area (Å²) in [6.07, 6.45) is 0.946. The molecule has 0 saturated carbocycles. The van der Waals surface area contributed by atoms with E-state index in [1.807, 2.05) is 6.92 Å². The Labute approximate surface area is 71.2 Å². The Balaban J connectivity index is 4.25. The fourth-order valence-electron chi connectivity index (χ4n) is 0.481. The van der Waals surface area contributed by atoms with Crippen molar-refractivity contribution >= 4 is 32.9 Å². The Morgan fingerprint density at radius 2 is 1.90 bits per heavy atom. The highest BCUT2D eigenvalue weighted by Gasteiger charge is 2.38. The zero-order valence-electron chi connectivity index (χ0n) is 5.56. The summed E-state index contributed by atoms with van der Waals surface area (Å²) in [5, 5.41) is 0. The van der Waals surface area contributed by atoms with Gasteiger partial charge in [0.25, 0.3) is 0 Å². The molecule has 0 rings (SSSR count). The summed E-state index contributed by atoms with van der Waals surface area (Å²) in [5.41, 5.74) is 0. The van der Waals surface area contributed by atoms with E-state index in [-0.39, 0.29) is 0 Å². The summed E-state index contributed by atoms with van der Waals surface area (Å²) < 4.78 is 9.13. The van der Waals surface area contributed by atoms with Crippen LogP contribution in [0.5, 0.6) is 0 Å². The second-order valence-electron chi connectivity index (χ2n) is 2.07. The Morgan fingerprint density at radius 3 is 2.00 bits per heavy atom. The standard InChI is InChI=1S/C4H11O3PS2/c1-2-3-4(9,10)8(5,6)7/h9-10H,2-3H2,1H3,(H2,5,6,7). The minimum absolute atomic E-state index is 0.295. The zero-order valence-corrected chi connectivity index (χ0v) is 8.24. The second kappa shape index (κ2) is 3.50. The normalized spacial score (nSPS) is 13.7. The molecule has 0 amide bonds. The lowest BCUT2D eigenvalue weighted by atomic mass is 10.4. The average Bonchev–Trinajstić information content (AvgIpc) is 1.61. The maximum absolute atomic E-state index is 10.6. The van der Waals surface area contributed by atoms with Crippen LogP contribution in [0.3, 0.4) is 0 Å². The fraction of sp³-hybridized carbons (Fsp3) is 1.00. The lowest BCUT2D eigenvalue weighted by Gasteiger charge is -2.22. The van der Waals surface area contributed by atoms with E-state index >= 15 is 0 Å². The van der Waals surface area contributed by atoms with Crippen LogP contribution in [0.15, 0.2) is 0 Å². The number of rotatable bonds is 3. The van der Waals surface area contributed by atoms with E-state index in [1.54, 1.807) is 0 Å². The minimum atomic E-state index is -4.16. The van der Waals surface area contributed by atoms with Crippen LogP contribution in [-0.2, 0) is 4.57 Å². The molecule has 6 heteroatoms. The van der Waals surface area contributed by atoms with Crippen LogP contribution in [0.1, 0.15) is 19.8 Å². The molecule has 2 N–H and O–H groups in total. The molecule has 0 aliphatic rings. The molecule has 0 fully saturated rings. The second-order valence-corrected chi connectivity index (χ2v) is 6.51. The molecule has 3 nitrogen and oxygen atoms in total. The van der Waals surface area contributed by atoms with Gasteiger partial charge in [0.2, 0.25) is 0 Å². The predicted molar refractivity (Wildman–Crippen MR) is 47.7 cm³/mol. The van der Waals surface area contributed by atoms with Crippen molar-refractivity contribution in [2.45, 2.75) is 23.6 Å². The van der Waals surface area contributed by atoms with Gasteiger partial charge in [-0.05, 0) is 6.42 Å². The summed E-state index contributed by atoms with van der Waals surface area (Å²) in [7, 11) is -4.16. The molecule has 0 aromatic rings. The molecule has 10 heavy (non-hydrogen) atoms. The molecule has 0 atom stereocenters. The summed E-state index contributed by atoms with van der Waals surface area (Å²) in [4.78, 5) is 17.3. The molecule has 0 radical (unpaired) electrons. The van der Waals surface area contributed by atoms with Crippen molar-refractivity contribution in [2.75, 3.05) is 0 Å². The number of thiol groups is 2. The minimum Gasteiger partial charge on any atom is -0.323 e. The Hall–Kier alpha value is 0.850. The Morgan fingerprint density at radius 1 is 1.50 bits per heavy atom. The molecule has 62 valence electrons. The number of hydrogen-bond donors (Lipinski definition) is 4. The summed E-state index contributed by atoms with van der Waals surface area (Å²) in [6, 6.07) is 0. The molecule has 0 unspecified atom stereocenters. The average molecular weight is 202 g/mol. The Bertz CT molecular complexity index is 153. The van der Waals surface area contributed by atoms with Crippen LogP contribution < -0.4 is 0 Å². The third kappa shape index (κ3) is 2.84. The molecule has 0 aliphatic carbocycles. The van der Waals surface area contributed by atoms with E-state index in [2.05, 4.69) is 25.3 Å². The third-order valence-corrected chi connectivity index (χ3v) is 4.22. The van der Waals surface area contributed by atoms with E-state index in [9.17, 15) is 4.57 Å². The molecule has 0 aromatic carbocycles. The molecule has 0 bridgehead atoms. The molecule has 0 saturated heterocycles. The van der Waals surface area contributed by atoms with Crippen LogP contribution in [-0.4, -0.2) is 13.6 Å². The Kier molecular flexibility index (Phi) is 3.80. The van der Waals surface area contributed by atoms with Crippen molar-refractivity contribution in [2.24, 2.45) is 0 Å². The monoisotopic (exact) mass is 202 g/mol. The topological polar surface area (TPSA) is 57.5 Å². The van der Waals surface area contributed by atoms with Gasteiger partial charge < -0.3 is 9.79 Å². The van der Waals surface area contributed by atoms with Gasteiger partial charge in [0.1, 0.15) is 0 Å². The SMILES string of the molecule is CCCC(S)(S)P(=O)(O)O. The summed E-state index contributed by atoms with van der Waals surface area (Å²) in [6.45, 7) is 1.82. The summed E-state index contributed by atoms with van der Waals surface area (Å²) >= 11 is 7.50. The first-order valence-corrected chi connectivity index (χ1v) is 5.32. The van der Waals surface area contributed by atoms with Gasteiger partial charge in [0.05, 0.1) is 0 Å². The number of hydrogen-bond acceptors (Lipinski definition) is 3. The van der Waals surface area contributed by atoms with E-state index in [0.29, 0.717) is 12.8 Å². The zero-order chi connectivity index (χ0) is 8.41. The maximum Gasteiger partial charge on any atom is 0.350 e. The lowest BCUT2D eigenvalue weighted by Crippen LogP contribution is -2.12. The largest absolute Gasteiger partial charge is 0.350 e. The van der Waals surface area contributed by atoms with Gasteiger partial charge in [-0.25, -0.2) is 0 Å². The molecular weight excluding hydrogens is 191 g/mol. The van der Waals surface area contributed by atoms with E-state index < -0.39 is 11.4 Å². The van der Waals surface area contributed by atoms with Crippen LogP contribution in [0.4, 0.5) is 0 Å². The molecule has 0 aromatic heterocycles. The quantitative estimate of drug-likeness (QED) is 0.318. The van der Waals surface area contributed by atoms with E-state index in [1.165, 1.54) is 0 Å². The molecule has 0 spiro atoms. The van der Waals surface area contributed by atoms with Crippen molar-refractivity contribution in [1.29, 1.82) is 0 Å². The van der Waals surface area contributed by atoms with Crippen molar-refractivity contribution in [3.63, 3.8) is 0 Å². The van der Waals surface area contributed by atoms with Gasteiger partial charge >= 0.3 is 7.60 Å². The highest BCUT2D eigenvalue weighted by molar-refractivity contribution is 8.10. The van der Waals surface area contributed by atoms with Crippen LogP contribution in [0.2, 0.25) is 0 Å². The highest BCUT2D eigenvalue weighted by atomic mass is 32.2. The van der Waals surface area contributed by atoms with Gasteiger partial charge in [-0.15, -0.1) is 25.3 Å². The van der Waals surface area contributed by atoms with Crippen LogP contribution in [0.25, 0.3) is 0 Å². The van der Waals surface area contributed by atoms with Gasteiger partial charge in [0.15, 0.2) is 3.82 Å². The maximum atomic E-state index is 10.6. The predicted octanol–water partition coefficient (Wildman–Crippen LogP) is 1.48. The van der Waals surface area contributed by atoms with Crippen molar-refractivity contribution in [3.8, 4) is 0 Å². The van der Waals surface area contributed by atoms with Crippen molar-refractivity contribution in [3.05, 3.63) is 0 Å².